The number of methoxy groups -OCH3 is 1. The van der Waals surface area contributed by atoms with Crippen molar-refractivity contribution in [1.82, 2.24) is 9.62 Å². The summed E-state index contributed by atoms with van der Waals surface area (Å²) in [5, 5.41) is 3.35. The van der Waals surface area contributed by atoms with E-state index in [2.05, 4.69) is 5.32 Å². The Morgan fingerprint density at radius 3 is 2.29 bits per heavy atom. The van der Waals surface area contributed by atoms with Gasteiger partial charge in [0, 0.05) is 35.3 Å². The molecule has 0 atom stereocenters. The molecule has 2 aromatic rings. The third kappa shape index (κ3) is 5.47. The molecular formula is C20H25ClN2O4S. The molecule has 1 N–H and O–H groups in total. The van der Waals surface area contributed by atoms with Gasteiger partial charge >= 0.3 is 0 Å². The molecule has 1 amide bonds. The van der Waals surface area contributed by atoms with Crippen LogP contribution in [0.3, 0.4) is 0 Å². The second-order valence-electron chi connectivity index (χ2n) is 7.45. The second kappa shape index (κ2) is 8.51. The van der Waals surface area contributed by atoms with Crippen molar-refractivity contribution < 1.29 is 17.9 Å². The SMILES string of the molecule is COc1ccc(C(=O)NC(C)(C)C)cc1CN(C)S(=O)(=O)c1ccc(Cl)cc1. The molecule has 0 radical (unpaired) electrons. The molecule has 0 aliphatic rings. The third-order valence-electron chi connectivity index (χ3n) is 3.95. The Bertz CT molecular complexity index is 951. The molecule has 2 aromatic carbocycles. The summed E-state index contributed by atoms with van der Waals surface area (Å²) in [6, 6.07) is 10.9. The maximum absolute atomic E-state index is 12.8. The Kier molecular flexibility index (Phi) is 6.75. The van der Waals surface area contributed by atoms with Crippen LogP contribution >= 0.6 is 11.6 Å². The third-order valence-corrected chi connectivity index (χ3v) is 6.02. The summed E-state index contributed by atoms with van der Waals surface area (Å²) < 4.78 is 32.2. The van der Waals surface area contributed by atoms with Crippen molar-refractivity contribution in [3.05, 3.63) is 58.6 Å². The second-order valence-corrected chi connectivity index (χ2v) is 9.93. The van der Waals surface area contributed by atoms with Gasteiger partial charge in [0.1, 0.15) is 5.75 Å². The molecule has 0 aromatic heterocycles. The fraction of sp³-hybridized carbons (Fsp3) is 0.350. The van der Waals surface area contributed by atoms with Gasteiger partial charge in [-0.25, -0.2) is 8.42 Å². The number of nitrogens with one attached hydrogen (secondary N) is 1. The molecule has 0 spiro atoms. The van der Waals surface area contributed by atoms with Gasteiger partial charge in [-0.3, -0.25) is 4.79 Å². The van der Waals surface area contributed by atoms with E-state index in [1.165, 1.54) is 42.7 Å². The normalized spacial score (nSPS) is 12.1. The first-order valence-electron chi connectivity index (χ1n) is 8.65. The Morgan fingerprint density at radius 2 is 1.75 bits per heavy atom. The minimum absolute atomic E-state index is 0.0464. The lowest BCUT2D eigenvalue weighted by atomic mass is 10.1. The Balaban J connectivity index is 2.32. The van der Waals surface area contributed by atoms with Crippen LogP contribution in [-0.4, -0.2) is 38.3 Å². The summed E-state index contributed by atoms with van der Waals surface area (Å²) in [4.78, 5) is 12.6. The van der Waals surface area contributed by atoms with Gasteiger partial charge in [-0.05, 0) is 63.2 Å². The van der Waals surface area contributed by atoms with E-state index in [0.29, 0.717) is 21.9 Å². The number of carbonyl (C=O) groups excluding carboxylic acids is 1. The van der Waals surface area contributed by atoms with Gasteiger partial charge in [0.15, 0.2) is 0 Å². The van der Waals surface area contributed by atoms with E-state index in [9.17, 15) is 13.2 Å². The zero-order chi connectivity index (χ0) is 21.1. The predicted molar refractivity (Wildman–Crippen MR) is 110 cm³/mol. The number of amides is 1. The summed E-state index contributed by atoms with van der Waals surface area (Å²) in [5.74, 6) is 0.269. The molecule has 0 heterocycles. The van der Waals surface area contributed by atoms with E-state index in [1.807, 2.05) is 20.8 Å². The van der Waals surface area contributed by atoms with Crippen LogP contribution in [0.1, 0.15) is 36.7 Å². The summed E-state index contributed by atoms with van der Waals surface area (Å²) in [6.45, 7) is 5.72. The molecule has 152 valence electrons. The highest BCUT2D eigenvalue weighted by molar-refractivity contribution is 7.89. The van der Waals surface area contributed by atoms with Gasteiger partial charge in [0.2, 0.25) is 10.0 Å². The molecule has 0 saturated heterocycles. The highest BCUT2D eigenvalue weighted by Crippen LogP contribution is 2.25. The van der Waals surface area contributed by atoms with Crippen molar-refractivity contribution in [3.8, 4) is 5.75 Å². The molecule has 0 aliphatic heterocycles. The van der Waals surface area contributed by atoms with E-state index in [1.54, 1.807) is 18.2 Å². The van der Waals surface area contributed by atoms with E-state index in [-0.39, 0.29) is 22.9 Å². The van der Waals surface area contributed by atoms with Crippen molar-refractivity contribution in [2.24, 2.45) is 0 Å². The molecule has 0 unspecified atom stereocenters. The van der Waals surface area contributed by atoms with Crippen LogP contribution in [0, 0.1) is 0 Å². The quantitative estimate of drug-likeness (QED) is 0.767. The number of hydrogen-bond acceptors (Lipinski definition) is 4. The summed E-state index contributed by atoms with van der Waals surface area (Å²) >= 11 is 5.84. The standard InChI is InChI=1S/C20H25ClN2O4S/c1-20(2,3)22-19(24)14-6-11-18(27-5)15(12-14)13-23(4)28(25,26)17-9-7-16(21)8-10-17/h6-12H,13H2,1-5H3,(H,22,24). The lowest BCUT2D eigenvalue weighted by Gasteiger charge is -2.22. The van der Waals surface area contributed by atoms with Crippen LogP contribution in [-0.2, 0) is 16.6 Å². The minimum atomic E-state index is -3.72. The zero-order valence-electron chi connectivity index (χ0n) is 16.6. The van der Waals surface area contributed by atoms with Crippen molar-refractivity contribution in [3.63, 3.8) is 0 Å². The van der Waals surface area contributed by atoms with Crippen LogP contribution in [0.4, 0.5) is 0 Å². The topological polar surface area (TPSA) is 75.7 Å². The number of hydrogen-bond donors (Lipinski definition) is 1. The predicted octanol–water partition coefficient (Wildman–Crippen LogP) is 3.70. The summed E-state index contributed by atoms with van der Waals surface area (Å²) in [5.41, 5.74) is 0.637. The number of benzene rings is 2. The fourth-order valence-electron chi connectivity index (χ4n) is 2.57. The number of nitrogens with zero attached hydrogens (tertiary/aromatic N) is 1. The van der Waals surface area contributed by atoms with Gasteiger partial charge in [-0.2, -0.15) is 4.31 Å². The molecular weight excluding hydrogens is 400 g/mol. The largest absolute Gasteiger partial charge is 0.496 e. The lowest BCUT2D eigenvalue weighted by Crippen LogP contribution is -2.40. The Hall–Kier alpha value is -2.09. The van der Waals surface area contributed by atoms with Crippen LogP contribution in [0.15, 0.2) is 47.4 Å². The van der Waals surface area contributed by atoms with Gasteiger partial charge in [0.25, 0.3) is 5.91 Å². The van der Waals surface area contributed by atoms with E-state index in [4.69, 9.17) is 16.3 Å². The Morgan fingerprint density at radius 1 is 1.14 bits per heavy atom. The van der Waals surface area contributed by atoms with Gasteiger partial charge in [-0.1, -0.05) is 11.6 Å². The van der Waals surface area contributed by atoms with Crippen molar-refractivity contribution >= 4 is 27.5 Å². The maximum Gasteiger partial charge on any atom is 0.251 e. The fourth-order valence-corrected chi connectivity index (χ4v) is 3.84. The van der Waals surface area contributed by atoms with Gasteiger partial charge in [-0.15, -0.1) is 0 Å². The summed E-state index contributed by atoms with van der Waals surface area (Å²) in [7, 11) is -0.743. The Labute approximate surface area is 171 Å². The van der Waals surface area contributed by atoms with E-state index < -0.39 is 10.0 Å². The van der Waals surface area contributed by atoms with Gasteiger partial charge in [0.05, 0.1) is 12.0 Å². The van der Waals surface area contributed by atoms with Gasteiger partial charge < -0.3 is 10.1 Å². The molecule has 0 saturated carbocycles. The zero-order valence-corrected chi connectivity index (χ0v) is 18.2. The lowest BCUT2D eigenvalue weighted by molar-refractivity contribution is 0.0919. The average molecular weight is 425 g/mol. The highest BCUT2D eigenvalue weighted by Gasteiger charge is 2.23. The smallest absolute Gasteiger partial charge is 0.251 e. The highest BCUT2D eigenvalue weighted by atomic mass is 35.5. The number of sulfonamides is 1. The van der Waals surface area contributed by atoms with Crippen molar-refractivity contribution in [2.45, 2.75) is 37.8 Å². The van der Waals surface area contributed by atoms with E-state index >= 15 is 0 Å². The first-order valence-corrected chi connectivity index (χ1v) is 10.5. The molecule has 0 fully saturated rings. The molecule has 0 aliphatic carbocycles. The minimum Gasteiger partial charge on any atom is -0.496 e. The molecule has 6 nitrogen and oxygen atoms in total. The number of halogens is 1. The molecule has 28 heavy (non-hydrogen) atoms. The first kappa shape index (κ1) is 22.2. The van der Waals surface area contributed by atoms with Crippen LogP contribution < -0.4 is 10.1 Å². The molecule has 2 rings (SSSR count). The number of rotatable bonds is 6. The maximum atomic E-state index is 12.8. The van der Waals surface area contributed by atoms with Crippen LogP contribution in [0.5, 0.6) is 5.75 Å². The number of carbonyl (C=O) groups is 1. The monoisotopic (exact) mass is 424 g/mol. The van der Waals surface area contributed by atoms with Crippen molar-refractivity contribution in [1.29, 1.82) is 0 Å². The average Bonchev–Trinajstić information content (AvgIpc) is 2.60. The van der Waals surface area contributed by atoms with Crippen molar-refractivity contribution in [2.75, 3.05) is 14.2 Å². The van der Waals surface area contributed by atoms with Crippen LogP contribution in [0.2, 0.25) is 5.02 Å². The number of ether oxygens (including phenoxy) is 1. The first-order chi connectivity index (χ1) is 12.9. The van der Waals surface area contributed by atoms with E-state index in [0.717, 1.165) is 0 Å². The molecule has 0 bridgehead atoms. The molecule has 8 heteroatoms. The van der Waals surface area contributed by atoms with Crippen LogP contribution in [0.25, 0.3) is 0 Å². The summed E-state index contributed by atoms with van der Waals surface area (Å²) in [6.07, 6.45) is 0.